The first-order valence-corrected chi connectivity index (χ1v) is 11.4. The molecule has 3 aromatic rings. The van der Waals surface area contributed by atoms with Crippen molar-refractivity contribution in [2.45, 2.75) is 51.1 Å². The Morgan fingerprint density at radius 2 is 1.84 bits per heavy atom. The Morgan fingerprint density at radius 1 is 1.06 bits per heavy atom. The summed E-state index contributed by atoms with van der Waals surface area (Å²) in [5.41, 5.74) is 2.66. The molecule has 0 bridgehead atoms. The summed E-state index contributed by atoms with van der Waals surface area (Å²) < 4.78 is 8.13. The number of hydrogen-bond acceptors (Lipinski definition) is 5. The number of aromatic nitrogens is 2. The zero-order valence-corrected chi connectivity index (χ0v) is 18.3. The number of nitrogens with zero attached hydrogens (tertiary/aromatic N) is 3. The molecule has 4 rings (SSSR count). The first kappa shape index (κ1) is 21.2. The first-order chi connectivity index (χ1) is 15.1. The molecule has 0 spiro atoms. The summed E-state index contributed by atoms with van der Waals surface area (Å²) in [5, 5.41) is 3.22. The summed E-state index contributed by atoms with van der Waals surface area (Å²) in [5.74, 6) is -0.511. The van der Waals surface area contributed by atoms with Gasteiger partial charge in [0.1, 0.15) is 6.04 Å². The largest absolute Gasteiger partial charge is 0.351 e. The maximum atomic E-state index is 13.6. The Morgan fingerprint density at radius 3 is 2.52 bits per heavy atom. The van der Waals surface area contributed by atoms with Gasteiger partial charge < -0.3 is 5.32 Å². The maximum Gasteiger partial charge on any atom is 0.280 e. The number of carbonyl (C=O) groups excluding carboxylic acids is 2. The third kappa shape index (κ3) is 4.99. The molecule has 1 aliphatic carbocycles. The molecule has 0 saturated heterocycles. The molecule has 1 atom stereocenters. The predicted octanol–water partition coefficient (Wildman–Crippen LogP) is 4.68. The monoisotopic (exact) mass is 434 g/mol. The Labute approximate surface area is 186 Å². The number of benzene rings is 2. The second-order valence-electron chi connectivity index (χ2n) is 7.96. The highest BCUT2D eigenvalue weighted by Gasteiger charge is 2.35. The molecule has 1 saturated carbocycles. The quantitative estimate of drug-likeness (QED) is 0.611. The van der Waals surface area contributed by atoms with Gasteiger partial charge in [-0.1, -0.05) is 61.7 Å². The lowest BCUT2D eigenvalue weighted by Crippen LogP contribution is -2.47. The van der Waals surface area contributed by atoms with Crippen LogP contribution in [-0.4, -0.2) is 26.6 Å². The molecular formula is C24H26N4O2S. The van der Waals surface area contributed by atoms with Crippen LogP contribution < -0.4 is 10.2 Å². The average molecular weight is 435 g/mol. The standard InChI is InChI=1S/C24H26N4O2S/c1-17-9-8-14-20(15-17)28(24(30)21-16-25-31-27-21)22(18-10-4-2-5-11-18)23(29)26-19-12-6-3-7-13-19/h2,4-5,8-11,14-16,19,22H,3,6-7,12-13H2,1H3,(H,26,29)/t22-/m0/s1. The van der Waals surface area contributed by atoms with Crippen LogP contribution in [0.3, 0.4) is 0 Å². The predicted molar refractivity (Wildman–Crippen MR) is 122 cm³/mol. The Hall–Kier alpha value is -3.06. The Kier molecular flexibility index (Phi) is 6.72. The van der Waals surface area contributed by atoms with Crippen molar-refractivity contribution in [1.82, 2.24) is 14.1 Å². The molecule has 1 N–H and O–H groups in total. The van der Waals surface area contributed by atoms with Crippen LogP contribution in [0.25, 0.3) is 0 Å². The van der Waals surface area contributed by atoms with E-state index >= 15 is 0 Å². The lowest BCUT2D eigenvalue weighted by atomic mass is 9.94. The minimum atomic E-state index is -0.806. The van der Waals surface area contributed by atoms with Gasteiger partial charge in [0.05, 0.1) is 17.9 Å². The van der Waals surface area contributed by atoms with Gasteiger partial charge in [-0.15, -0.1) is 0 Å². The van der Waals surface area contributed by atoms with Gasteiger partial charge in [0.15, 0.2) is 5.69 Å². The Bertz CT molecular complexity index is 1020. The summed E-state index contributed by atoms with van der Waals surface area (Å²) in [4.78, 5) is 28.8. The second-order valence-corrected chi connectivity index (χ2v) is 8.52. The van der Waals surface area contributed by atoms with Crippen molar-refractivity contribution in [3.8, 4) is 0 Å². The van der Waals surface area contributed by atoms with E-state index < -0.39 is 6.04 Å². The van der Waals surface area contributed by atoms with E-state index in [0.29, 0.717) is 5.69 Å². The first-order valence-electron chi connectivity index (χ1n) is 10.7. The van der Waals surface area contributed by atoms with E-state index in [9.17, 15) is 9.59 Å². The molecular weight excluding hydrogens is 408 g/mol. The van der Waals surface area contributed by atoms with Crippen molar-refractivity contribution < 1.29 is 9.59 Å². The third-order valence-electron chi connectivity index (χ3n) is 5.65. The molecule has 31 heavy (non-hydrogen) atoms. The Balaban J connectivity index is 1.77. The van der Waals surface area contributed by atoms with E-state index in [0.717, 1.165) is 48.5 Å². The van der Waals surface area contributed by atoms with Crippen molar-refractivity contribution in [3.05, 3.63) is 77.6 Å². The number of carbonyl (C=O) groups is 2. The van der Waals surface area contributed by atoms with Gasteiger partial charge in [-0.25, -0.2) is 0 Å². The van der Waals surface area contributed by atoms with Gasteiger partial charge in [0, 0.05) is 11.7 Å². The van der Waals surface area contributed by atoms with Gasteiger partial charge in [-0.3, -0.25) is 14.5 Å². The molecule has 7 heteroatoms. The molecule has 6 nitrogen and oxygen atoms in total. The number of aryl methyl sites for hydroxylation is 1. The molecule has 1 fully saturated rings. The summed E-state index contributed by atoms with van der Waals surface area (Å²) in [6, 6.07) is 16.4. The molecule has 1 aromatic heterocycles. The fourth-order valence-corrected chi connectivity index (χ4v) is 4.53. The number of hydrogen-bond donors (Lipinski definition) is 1. The summed E-state index contributed by atoms with van der Waals surface area (Å²) in [7, 11) is 0. The fourth-order valence-electron chi connectivity index (χ4n) is 4.12. The number of nitrogens with one attached hydrogen (secondary N) is 1. The van der Waals surface area contributed by atoms with Crippen molar-refractivity contribution in [1.29, 1.82) is 0 Å². The summed E-state index contributed by atoms with van der Waals surface area (Å²) in [6.45, 7) is 1.97. The van der Waals surface area contributed by atoms with Crippen LogP contribution in [-0.2, 0) is 4.79 Å². The van der Waals surface area contributed by atoms with E-state index in [2.05, 4.69) is 14.1 Å². The number of anilines is 1. The van der Waals surface area contributed by atoms with E-state index in [1.165, 1.54) is 12.6 Å². The zero-order valence-electron chi connectivity index (χ0n) is 17.5. The van der Waals surface area contributed by atoms with Gasteiger partial charge in [-0.05, 0) is 43.0 Å². The average Bonchev–Trinajstić information content (AvgIpc) is 3.33. The van der Waals surface area contributed by atoms with Gasteiger partial charge in [0.25, 0.3) is 5.91 Å². The van der Waals surface area contributed by atoms with Gasteiger partial charge in [-0.2, -0.15) is 8.75 Å². The van der Waals surface area contributed by atoms with Crippen LogP contribution in [0.1, 0.15) is 59.8 Å². The molecule has 1 aliphatic rings. The lowest BCUT2D eigenvalue weighted by Gasteiger charge is -2.33. The highest BCUT2D eigenvalue weighted by Crippen LogP contribution is 2.31. The van der Waals surface area contributed by atoms with Crippen LogP contribution in [0, 0.1) is 6.92 Å². The van der Waals surface area contributed by atoms with Crippen molar-refractivity contribution in [3.63, 3.8) is 0 Å². The second kappa shape index (κ2) is 9.83. The van der Waals surface area contributed by atoms with Crippen LogP contribution in [0.4, 0.5) is 5.69 Å². The van der Waals surface area contributed by atoms with Crippen molar-refractivity contribution in [2.75, 3.05) is 4.90 Å². The van der Waals surface area contributed by atoms with Crippen LogP contribution in [0.2, 0.25) is 0 Å². The van der Waals surface area contributed by atoms with Crippen LogP contribution in [0.15, 0.2) is 60.8 Å². The van der Waals surface area contributed by atoms with Crippen molar-refractivity contribution in [2.24, 2.45) is 0 Å². The van der Waals surface area contributed by atoms with E-state index in [1.54, 1.807) is 4.90 Å². The maximum absolute atomic E-state index is 13.6. The molecule has 1 heterocycles. The molecule has 160 valence electrons. The topological polar surface area (TPSA) is 75.2 Å². The smallest absolute Gasteiger partial charge is 0.280 e. The molecule has 2 aromatic carbocycles. The minimum absolute atomic E-state index is 0.142. The van der Waals surface area contributed by atoms with Gasteiger partial charge in [0.2, 0.25) is 5.91 Å². The molecule has 0 unspecified atom stereocenters. The van der Waals surface area contributed by atoms with Crippen molar-refractivity contribution >= 4 is 29.2 Å². The number of rotatable bonds is 6. The lowest BCUT2D eigenvalue weighted by molar-refractivity contribution is -0.123. The SMILES string of the molecule is Cc1cccc(N(C(=O)c2cnsn2)[C@H](C(=O)NC2CCCCC2)c2ccccc2)c1. The highest BCUT2D eigenvalue weighted by atomic mass is 32.1. The third-order valence-corrected chi connectivity index (χ3v) is 6.13. The van der Waals surface area contributed by atoms with Gasteiger partial charge >= 0.3 is 0 Å². The minimum Gasteiger partial charge on any atom is -0.351 e. The normalized spacial score (nSPS) is 15.3. The highest BCUT2D eigenvalue weighted by molar-refractivity contribution is 6.99. The zero-order chi connectivity index (χ0) is 21.6. The van der Waals surface area contributed by atoms with E-state index in [4.69, 9.17) is 0 Å². The van der Waals surface area contributed by atoms with Crippen LogP contribution in [0.5, 0.6) is 0 Å². The fraction of sp³-hybridized carbons (Fsp3) is 0.333. The van der Waals surface area contributed by atoms with Crippen LogP contribution >= 0.6 is 11.7 Å². The van der Waals surface area contributed by atoms with E-state index in [1.807, 2.05) is 61.5 Å². The summed E-state index contributed by atoms with van der Waals surface area (Å²) in [6.07, 6.45) is 6.84. The molecule has 0 radical (unpaired) electrons. The van der Waals surface area contributed by atoms with E-state index in [-0.39, 0.29) is 23.6 Å². The number of amides is 2. The summed E-state index contributed by atoms with van der Waals surface area (Å²) >= 11 is 0.980. The molecule has 0 aliphatic heterocycles. The molecule has 2 amide bonds.